The highest BCUT2D eigenvalue weighted by molar-refractivity contribution is 6.30. The van der Waals surface area contributed by atoms with Gasteiger partial charge in [-0.25, -0.2) is 18.2 Å². The standard InChI is InChI=1S/C19H21ClF3N5O/c1-27(13-5-12(13)22)17-11-7-24-16(20)14(23)15(11)25-18(26-17)29-9-19-3-2-4-28(19)8-10(21)6-19/h7,10,12-13H,2-6,8-9H2,1H3/t10-,12-,13-,19+/m1/s1. The van der Waals surface area contributed by atoms with Crippen molar-refractivity contribution in [3.63, 3.8) is 0 Å². The molecular weight excluding hydrogens is 407 g/mol. The Morgan fingerprint density at radius 2 is 2.17 bits per heavy atom. The van der Waals surface area contributed by atoms with Gasteiger partial charge in [-0.3, -0.25) is 4.90 Å². The molecule has 0 amide bonds. The van der Waals surface area contributed by atoms with E-state index >= 15 is 0 Å². The fraction of sp³-hybridized carbons (Fsp3) is 0.632. The number of ether oxygens (including phenoxy) is 1. The van der Waals surface area contributed by atoms with E-state index in [4.69, 9.17) is 16.3 Å². The molecule has 0 unspecified atom stereocenters. The van der Waals surface area contributed by atoms with Gasteiger partial charge in [-0.1, -0.05) is 11.6 Å². The molecule has 0 aromatic carbocycles. The second-order valence-electron chi connectivity index (χ2n) is 8.25. The van der Waals surface area contributed by atoms with Crippen molar-refractivity contribution in [1.82, 2.24) is 19.9 Å². The Bertz CT molecular complexity index is 965. The predicted octanol–water partition coefficient (Wildman–Crippen LogP) is 3.32. The van der Waals surface area contributed by atoms with Gasteiger partial charge in [-0.2, -0.15) is 9.97 Å². The normalized spacial score (nSPS) is 31.3. The summed E-state index contributed by atoms with van der Waals surface area (Å²) in [6.45, 7) is 1.47. The van der Waals surface area contributed by atoms with Crippen LogP contribution in [0.4, 0.5) is 19.0 Å². The minimum atomic E-state index is -0.953. The molecule has 2 saturated heterocycles. The van der Waals surface area contributed by atoms with Crippen LogP contribution in [0.25, 0.3) is 10.9 Å². The number of nitrogens with zero attached hydrogens (tertiary/aromatic N) is 5. The molecule has 156 valence electrons. The molecule has 3 aliphatic rings. The van der Waals surface area contributed by atoms with Crippen molar-refractivity contribution in [3.05, 3.63) is 17.2 Å². The molecule has 10 heteroatoms. The maximum Gasteiger partial charge on any atom is 0.319 e. The lowest BCUT2D eigenvalue weighted by molar-refractivity contribution is 0.107. The molecule has 2 aliphatic heterocycles. The summed E-state index contributed by atoms with van der Waals surface area (Å²) < 4.78 is 48.1. The van der Waals surface area contributed by atoms with Gasteiger partial charge in [0.05, 0.1) is 17.0 Å². The Morgan fingerprint density at radius 1 is 1.38 bits per heavy atom. The van der Waals surface area contributed by atoms with Crippen LogP contribution in [0.2, 0.25) is 5.15 Å². The number of pyridine rings is 1. The zero-order valence-corrected chi connectivity index (χ0v) is 16.7. The van der Waals surface area contributed by atoms with Crippen LogP contribution < -0.4 is 9.64 Å². The van der Waals surface area contributed by atoms with E-state index in [-0.39, 0.29) is 34.9 Å². The van der Waals surface area contributed by atoms with Crippen molar-refractivity contribution >= 4 is 28.3 Å². The van der Waals surface area contributed by atoms with Gasteiger partial charge in [0.15, 0.2) is 11.0 Å². The van der Waals surface area contributed by atoms with Crippen LogP contribution in [0.15, 0.2) is 6.20 Å². The maximum atomic E-state index is 14.6. The van der Waals surface area contributed by atoms with Gasteiger partial charge in [-0.15, -0.1) is 0 Å². The lowest BCUT2D eigenvalue weighted by atomic mass is 9.95. The van der Waals surface area contributed by atoms with E-state index in [1.807, 2.05) is 0 Å². The summed E-state index contributed by atoms with van der Waals surface area (Å²) in [7, 11) is 1.70. The average molecular weight is 428 g/mol. The molecular formula is C19H21ClF3N5O. The third kappa shape index (κ3) is 3.18. The maximum absolute atomic E-state index is 14.6. The summed E-state index contributed by atoms with van der Waals surface area (Å²) in [6.07, 6.45) is 2.17. The smallest absolute Gasteiger partial charge is 0.319 e. The van der Waals surface area contributed by atoms with Crippen LogP contribution in [0.5, 0.6) is 6.01 Å². The first kappa shape index (κ1) is 19.1. The second-order valence-corrected chi connectivity index (χ2v) is 8.61. The van der Waals surface area contributed by atoms with Crippen molar-refractivity contribution in [2.24, 2.45) is 0 Å². The topological polar surface area (TPSA) is 54.4 Å². The summed E-state index contributed by atoms with van der Waals surface area (Å²) in [5.41, 5.74) is -0.401. The highest BCUT2D eigenvalue weighted by Crippen LogP contribution is 2.41. The predicted molar refractivity (Wildman–Crippen MR) is 103 cm³/mol. The van der Waals surface area contributed by atoms with Crippen LogP contribution in [0, 0.1) is 5.82 Å². The number of aromatic nitrogens is 3. The fourth-order valence-corrected chi connectivity index (χ4v) is 4.83. The van der Waals surface area contributed by atoms with Gasteiger partial charge in [0.2, 0.25) is 0 Å². The monoisotopic (exact) mass is 427 g/mol. The van der Waals surface area contributed by atoms with Crippen molar-refractivity contribution in [3.8, 4) is 6.01 Å². The molecule has 1 aliphatic carbocycles. The average Bonchev–Trinajstić information content (AvgIpc) is 3.17. The summed E-state index contributed by atoms with van der Waals surface area (Å²) in [6, 6.07) is -0.356. The van der Waals surface area contributed by atoms with Gasteiger partial charge in [0.25, 0.3) is 0 Å². The molecule has 2 aromatic rings. The molecule has 0 bridgehead atoms. The Labute approximate surface area is 171 Å². The summed E-state index contributed by atoms with van der Waals surface area (Å²) >= 11 is 5.83. The molecule has 0 spiro atoms. The van der Waals surface area contributed by atoms with Gasteiger partial charge in [-0.05, 0) is 19.4 Å². The number of halogens is 4. The summed E-state index contributed by atoms with van der Waals surface area (Å²) in [5.74, 6) is -0.433. The minimum absolute atomic E-state index is 0.0246. The van der Waals surface area contributed by atoms with Gasteiger partial charge < -0.3 is 9.64 Å². The molecule has 3 fully saturated rings. The van der Waals surface area contributed by atoms with E-state index in [0.717, 1.165) is 19.4 Å². The highest BCUT2D eigenvalue weighted by atomic mass is 35.5. The molecule has 5 rings (SSSR count). The molecule has 1 saturated carbocycles. The van der Waals surface area contributed by atoms with Crippen molar-refractivity contribution in [2.45, 2.75) is 49.6 Å². The lowest BCUT2D eigenvalue weighted by Crippen LogP contribution is -2.43. The van der Waals surface area contributed by atoms with Crippen molar-refractivity contribution in [2.75, 3.05) is 31.6 Å². The van der Waals surface area contributed by atoms with E-state index in [1.54, 1.807) is 11.9 Å². The Kier molecular flexibility index (Phi) is 4.51. The van der Waals surface area contributed by atoms with E-state index in [9.17, 15) is 13.2 Å². The molecule has 4 atom stereocenters. The molecule has 0 radical (unpaired) electrons. The number of hydrogen-bond acceptors (Lipinski definition) is 6. The van der Waals surface area contributed by atoms with E-state index in [2.05, 4.69) is 19.9 Å². The zero-order valence-electron chi connectivity index (χ0n) is 15.9. The van der Waals surface area contributed by atoms with E-state index in [0.29, 0.717) is 30.6 Å². The number of rotatable bonds is 5. The summed E-state index contributed by atoms with van der Waals surface area (Å²) in [5, 5.41) is 0.0355. The first-order valence-electron chi connectivity index (χ1n) is 9.78. The van der Waals surface area contributed by atoms with E-state index in [1.165, 1.54) is 6.20 Å². The number of fused-ring (bicyclic) bond motifs is 2. The fourth-order valence-electron chi connectivity index (χ4n) is 4.69. The Balaban J connectivity index is 1.49. The molecule has 29 heavy (non-hydrogen) atoms. The van der Waals surface area contributed by atoms with Gasteiger partial charge in [0.1, 0.15) is 30.3 Å². The highest BCUT2D eigenvalue weighted by Gasteiger charge is 2.49. The van der Waals surface area contributed by atoms with Crippen LogP contribution in [-0.4, -0.2) is 70.5 Å². The Hall–Kier alpha value is -1.87. The molecule has 6 nitrogen and oxygen atoms in total. The number of anilines is 1. The van der Waals surface area contributed by atoms with Crippen LogP contribution in [-0.2, 0) is 0 Å². The third-order valence-corrected chi connectivity index (χ3v) is 6.61. The minimum Gasteiger partial charge on any atom is -0.461 e. The summed E-state index contributed by atoms with van der Waals surface area (Å²) in [4.78, 5) is 16.2. The van der Waals surface area contributed by atoms with Crippen LogP contribution in [0.3, 0.4) is 0 Å². The number of hydrogen-bond donors (Lipinski definition) is 0. The first-order chi connectivity index (χ1) is 13.9. The molecule has 0 N–H and O–H groups in total. The second kappa shape index (κ2) is 6.84. The van der Waals surface area contributed by atoms with E-state index < -0.39 is 18.2 Å². The van der Waals surface area contributed by atoms with Crippen molar-refractivity contribution < 1.29 is 17.9 Å². The van der Waals surface area contributed by atoms with Gasteiger partial charge in [0, 0.05) is 32.6 Å². The van der Waals surface area contributed by atoms with Gasteiger partial charge >= 0.3 is 6.01 Å². The largest absolute Gasteiger partial charge is 0.461 e. The first-order valence-corrected chi connectivity index (χ1v) is 10.2. The van der Waals surface area contributed by atoms with Crippen molar-refractivity contribution in [1.29, 1.82) is 0 Å². The SMILES string of the molecule is CN(c1nc(OC[C@@]23CCCN2C[C@H](F)C3)nc2c(F)c(Cl)ncc12)[C@@H]1C[C@H]1F. The molecule has 4 heterocycles. The zero-order chi connectivity index (χ0) is 20.3. The lowest BCUT2D eigenvalue weighted by Gasteiger charge is -2.31. The van der Waals surface area contributed by atoms with Crippen LogP contribution in [0.1, 0.15) is 25.7 Å². The Morgan fingerprint density at radius 3 is 2.93 bits per heavy atom. The van der Waals surface area contributed by atoms with Crippen LogP contribution >= 0.6 is 11.6 Å². The quantitative estimate of drug-likeness (QED) is 0.682. The number of alkyl halides is 2. The molecule has 2 aromatic heterocycles. The third-order valence-electron chi connectivity index (χ3n) is 6.34.